The van der Waals surface area contributed by atoms with Crippen LogP contribution >= 0.6 is 0 Å². The fourth-order valence-corrected chi connectivity index (χ4v) is 5.42. The van der Waals surface area contributed by atoms with Gasteiger partial charge in [0.2, 0.25) is 11.8 Å². The third-order valence-corrected chi connectivity index (χ3v) is 8.03. The van der Waals surface area contributed by atoms with Gasteiger partial charge >= 0.3 is 12.1 Å². The zero-order valence-electron chi connectivity index (χ0n) is 26.8. The van der Waals surface area contributed by atoms with E-state index in [9.17, 15) is 24.3 Å². The summed E-state index contributed by atoms with van der Waals surface area (Å²) in [6.07, 6.45) is -0.726. The van der Waals surface area contributed by atoms with E-state index < -0.39 is 42.0 Å². The number of nitrogens with zero attached hydrogens (tertiary/aromatic N) is 1. The van der Waals surface area contributed by atoms with Crippen molar-refractivity contribution in [1.82, 2.24) is 15.5 Å². The van der Waals surface area contributed by atoms with Crippen LogP contribution in [0.3, 0.4) is 0 Å². The molecule has 0 spiro atoms. The Labute approximate surface area is 278 Å². The Morgan fingerprint density at radius 3 is 2.17 bits per heavy atom. The summed E-state index contributed by atoms with van der Waals surface area (Å²) in [6, 6.07) is 25.0. The molecule has 1 heterocycles. The molecular weight excluding hydrogens is 614 g/mol. The van der Waals surface area contributed by atoms with Crippen molar-refractivity contribution in [2.24, 2.45) is 0 Å². The number of ether oxygens (including phenoxy) is 3. The lowest BCUT2D eigenvalue weighted by atomic mass is 9.94. The highest BCUT2D eigenvalue weighted by Gasteiger charge is 2.34. The van der Waals surface area contributed by atoms with Crippen molar-refractivity contribution in [1.29, 1.82) is 0 Å². The number of hydrogen-bond donors (Lipinski definition) is 3. The minimum atomic E-state index is -1.28. The molecule has 1 aliphatic rings. The molecule has 4 aromatic carbocycles. The monoisotopic (exact) mass is 651 g/mol. The van der Waals surface area contributed by atoms with Crippen LogP contribution in [0.2, 0.25) is 0 Å². The molecule has 0 aromatic heterocycles. The number of carbonyl (C=O) groups is 4. The third kappa shape index (κ3) is 7.92. The van der Waals surface area contributed by atoms with Crippen LogP contribution in [0.25, 0.3) is 11.1 Å². The summed E-state index contributed by atoms with van der Waals surface area (Å²) in [7, 11) is 2.64. The molecule has 1 aliphatic heterocycles. The molecule has 48 heavy (non-hydrogen) atoms. The number of likely N-dealkylation sites (N-methyl/N-ethyl adjacent to an activating group) is 1. The fourth-order valence-electron chi connectivity index (χ4n) is 5.42. The third-order valence-electron chi connectivity index (χ3n) is 8.03. The van der Waals surface area contributed by atoms with Gasteiger partial charge in [0, 0.05) is 24.6 Å². The second-order valence-electron chi connectivity index (χ2n) is 11.5. The first-order valence-corrected chi connectivity index (χ1v) is 15.4. The van der Waals surface area contributed by atoms with Gasteiger partial charge in [0.25, 0.3) is 0 Å². The van der Waals surface area contributed by atoms with Crippen LogP contribution in [0.4, 0.5) is 4.79 Å². The minimum Gasteiger partial charge on any atom is -0.507 e. The van der Waals surface area contributed by atoms with Gasteiger partial charge < -0.3 is 30.0 Å². The van der Waals surface area contributed by atoms with Gasteiger partial charge in [-0.3, -0.25) is 14.5 Å². The summed E-state index contributed by atoms with van der Waals surface area (Å²) in [5, 5.41) is 16.5. The van der Waals surface area contributed by atoms with Crippen LogP contribution < -0.4 is 15.4 Å². The van der Waals surface area contributed by atoms with Gasteiger partial charge in [-0.05, 0) is 53.4 Å². The number of nitrogens with one attached hydrogen (secondary N) is 2. The van der Waals surface area contributed by atoms with E-state index in [1.165, 1.54) is 33.2 Å². The number of phenolic OH excluding ortho intramolecular Hbond substituents is 1. The van der Waals surface area contributed by atoms with Crippen LogP contribution in [0.5, 0.6) is 11.5 Å². The summed E-state index contributed by atoms with van der Waals surface area (Å²) >= 11 is 0. The molecule has 3 amide bonds. The number of fused-ring (bicyclic) bond motifs is 5. The molecule has 4 bridgehead atoms. The van der Waals surface area contributed by atoms with E-state index in [1.54, 1.807) is 36.4 Å². The first kappa shape index (κ1) is 33.5. The normalized spacial score (nSPS) is 17.6. The topological polar surface area (TPSA) is 144 Å². The molecule has 0 radical (unpaired) electrons. The van der Waals surface area contributed by atoms with E-state index >= 15 is 0 Å². The second-order valence-corrected chi connectivity index (χ2v) is 11.5. The van der Waals surface area contributed by atoms with Crippen molar-refractivity contribution in [3.05, 3.63) is 119 Å². The first-order chi connectivity index (χ1) is 23.1. The van der Waals surface area contributed by atoms with Gasteiger partial charge in [-0.1, -0.05) is 72.8 Å². The zero-order chi connectivity index (χ0) is 34.2. The van der Waals surface area contributed by atoms with E-state index in [0.29, 0.717) is 28.0 Å². The predicted octanol–water partition coefficient (Wildman–Crippen LogP) is 4.67. The smallest absolute Gasteiger partial charge is 0.410 e. The van der Waals surface area contributed by atoms with Gasteiger partial charge in [0.05, 0.1) is 7.11 Å². The summed E-state index contributed by atoms with van der Waals surface area (Å²) in [5.41, 5.74) is 3.46. The molecule has 11 heteroatoms. The average molecular weight is 652 g/mol. The summed E-state index contributed by atoms with van der Waals surface area (Å²) < 4.78 is 16.7. The largest absolute Gasteiger partial charge is 0.507 e. The Bertz CT molecular complexity index is 1780. The van der Waals surface area contributed by atoms with Crippen molar-refractivity contribution in [3.8, 4) is 22.6 Å². The van der Waals surface area contributed by atoms with Crippen molar-refractivity contribution >= 4 is 23.9 Å². The molecule has 3 unspecified atom stereocenters. The average Bonchev–Trinajstić information content (AvgIpc) is 3.10. The van der Waals surface area contributed by atoms with Crippen molar-refractivity contribution in [2.45, 2.75) is 44.7 Å². The number of benzene rings is 4. The molecule has 3 N–H and O–H groups in total. The summed E-state index contributed by atoms with van der Waals surface area (Å²) in [5.74, 6) is -1.67. The first-order valence-electron chi connectivity index (χ1n) is 15.4. The van der Waals surface area contributed by atoms with Crippen LogP contribution in [0.15, 0.2) is 97.1 Å². The van der Waals surface area contributed by atoms with Gasteiger partial charge in [0.15, 0.2) is 0 Å². The standard InChI is InChI=1S/C37H37N3O8/c1-23-34(42)39-30(36(44)46-3)19-26-14-17-32(47-21-24-10-6-4-7-11-24)29(18-26)28-20-27(15-16-31(28)41)33(35(43)38-23)40(2)37(45)48-22-25-12-8-5-9-13-25/h4-18,20,23,30,33,41H,19,21-22H2,1-3H3,(H,38,43)(H,39,42). The summed E-state index contributed by atoms with van der Waals surface area (Å²) in [6.45, 7) is 1.67. The van der Waals surface area contributed by atoms with E-state index in [-0.39, 0.29) is 25.4 Å². The maximum absolute atomic E-state index is 13.9. The molecule has 11 nitrogen and oxygen atoms in total. The molecule has 0 aliphatic carbocycles. The lowest BCUT2D eigenvalue weighted by Gasteiger charge is -2.29. The summed E-state index contributed by atoms with van der Waals surface area (Å²) in [4.78, 5) is 54.4. The number of aromatic hydroxyl groups is 1. The number of rotatable bonds is 7. The molecule has 0 fully saturated rings. The highest BCUT2D eigenvalue weighted by Crippen LogP contribution is 2.39. The number of esters is 1. The van der Waals surface area contributed by atoms with E-state index in [4.69, 9.17) is 14.2 Å². The molecule has 0 saturated carbocycles. The highest BCUT2D eigenvalue weighted by atomic mass is 16.6. The number of amides is 3. The SMILES string of the molecule is COC(=O)C1Cc2ccc(OCc3ccccc3)c(c2)-c2cc(ccc2O)C(N(C)C(=O)OCc2ccccc2)C(=O)NC(C)C(=O)N1. The van der Waals surface area contributed by atoms with Crippen LogP contribution in [-0.4, -0.2) is 60.1 Å². The number of phenols is 1. The molecule has 4 aromatic rings. The van der Waals surface area contributed by atoms with Gasteiger partial charge in [-0.2, -0.15) is 0 Å². The Morgan fingerprint density at radius 1 is 0.833 bits per heavy atom. The van der Waals surface area contributed by atoms with E-state index in [2.05, 4.69) is 10.6 Å². The minimum absolute atomic E-state index is 0.0260. The van der Waals surface area contributed by atoms with Crippen LogP contribution in [-0.2, 0) is 43.5 Å². The Kier molecular flexibility index (Phi) is 10.6. The molecular formula is C37H37N3O8. The van der Waals surface area contributed by atoms with Crippen LogP contribution in [0.1, 0.15) is 35.2 Å². The van der Waals surface area contributed by atoms with Gasteiger partial charge in [-0.25, -0.2) is 9.59 Å². The lowest BCUT2D eigenvalue weighted by molar-refractivity contribution is -0.145. The van der Waals surface area contributed by atoms with Crippen molar-refractivity contribution < 1.29 is 38.5 Å². The van der Waals surface area contributed by atoms with Gasteiger partial charge in [-0.15, -0.1) is 0 Å². The quantitative estimate of drug-likeness (QED) is 0.245. The predicted molar refractivity (Wildman–Crippen MR) is 177 cm³/mol. The Balaban J connectivity index is 1.59. The maximum atomic E-state index is 13.9. The zero-order valence-corrected chi connectivity index (χ0v) is 26.8. The maximum Gasteiger partial charge on any atom is 0.410 e. The number of carbonyl (C=O) groups excluding carboxylic acids is 4. The Hall–Kier alpha value is -5.84. The van der Waals surface area contributed by atoms with E-state index in [0.717, 1.165) is 16.0 Å². The molecule has 3 atom stereocenters. The van der Waals surface area contributed by atoms with Crippen molar-refractivity contribution in [3.63, 3.8) is 0 Å². The fraction of sp³-hybridized carbons (Fsp3) is 0.243. The van der Waals surface area contributed by atoms with Gasteiger partial charge in [0.1, 0.15) is 42.8 Å². The lowest BCUT2D eigenvalue weighted by Crippen LogP contribution is -2.53. The Morgan fingerprint density at radius 2 is 1.50 bits per heavy atom. The second kappa shape index (κ2) is 15.2. The molecule has 5 rings (SSSR count). The van der Waals surface area contributed by atoms with Crippen LogP contribution in [0, 0.1) is 0 Å². The number of hydrogen-bond acceptors (Lipinski definition) is 8. The van der Waals surface area contributed by atoms with E-state index in [1.807, 2.05) is 48.5 Å². The number of methoxy groups -OCH3 is 1. The molecule has 0 saturated heterocycles. The highest BCUT2D eigenvalue weighted by molar-refractivity contribution is 5.94. The van der Waals surface area contributed by atoms with Crippen molar-refractivity contribution in [2.75, 3.05) is 14.2 Å². The molecule has 248 valence electrons.